The summed E-state index contributed by atoms with van der Waals surface area (Å²) in [5, 5.41) is 13.1. The van der Waals surface area contributed by atoms with Gasteiger partial charge in [-0.15, -0.1) is 5.10 Å². The van der Waals surface area contributed by atoms with E-state index in [0.29, 0.717) is 18.6 Å². The van der Waals surface area contributed by atoms with Crippen LogP contribution >= 0.6 is 0 Å². The summed E-state index contributed by atoms with van der Waals surface area (Å²) in [5.41, 5.74) is 0.250. The lowest BCUT2D eigenvalue weighted by atomic mass is 10.1. The molecule has 1 aliphatic rings. The minimum absolute atomic E-state index is 0.135. The van der Waals surface area contributed by atoms with Crippen LogP contribution < -0.4 is 5.69 Å². The Kier molecular flexibility index (Phi) is 3.66. The fourth-order valence-corrected chi connectivity index (χ4v) is 2.66. The minimum atomic E-state index is -0.869. The molecule has 0 radical (unpaired) electrons. The molecular formula is C14H16N4O4. The average Bonchev–Trinajstić information content (AvgIpc) is 3.11. The smallest absolute Gasteiger partial charge is 0.350 e. The van der Waals surface area contributed by atoms with Crippen molar-refractivity contribution in [2.45, 2.75) is 19.4 Å². The number of carboxylic acid groups (broad SMARTS) is 1. The van der Waals surface area contributed by atoms with Crippen molar-refractivity contribution in [1.82, 2.24) is 19.1 Å². The molecule has 1 unspecified atom stereocenters. The SMILES string of the molecule is O=C(O)C1CCN(C(=O)CCn2nc3ccccn3c2=O)C1. The molecular weight excluding hydrogens is 288 g/mol. The van der Waals surface area contributed by atoms with Crippen LogP contribution in [0.4, 0.5) is 0 Å². The van der Waals surface area contributed by atoms with E-state index in [1.54, 1.807) is 29.3 Å². The van der Waals surface area contributed by atoms with Crippen LogP contribution in [0.3, 0.4) is 0 Å². The monoisotopic (exact) mass is 304 g/mol. The van der Waals surface area contributed by atoms with Crippen molar-refractivity contribution < 1.29 is 14.7 Å². The quantitative estimate of drug-likeness (QED) is 0.845. The predicted molar refractivity (Wildman–Crippen MR) is 76.4 cm³/mol. The Balaban J connectivity index is 1.64. The lowest BCUT2D eigenvalue weighted by molar-refractivity contribution is -0.141. The number of likely N-dealkylation sites (tertiary alicyclic amines) is 1. The largest absolute Gasteiger partial charge is 0.481 e. The molecule has 3 rings (SSSR count). The molecule has 2 aromatic rings. The Morgan fingerprint density at radius 2 is 2.18 bits per heavy atom. The van der Waals surface area contributed by atoms with Crippen molar-refractivity contribution in [1.29, 1.82) is 0 Å². The maximum Gasteiger partial charge on any atom is 0.350 e. The van der Waals surface area contributed by atoms with E-state index in [9.17, 15) is 14.4 Å². The van der Waals surface area contributed by atoms with E-state index in [0.717, 1.165) is 0 Å². The van der Waals surface area contributed by atoms with Crippen molar-refractivity contribution in [2.75, 3.05) is 13.1 Å². The van der Waals surface area contributed by atoms with Crippen molar-refractivity contribution in [2.24, 2.45) is 5.92 Å². The number of hydrogen-bond acceptors (Lipinski definition) is 4. The van der Waals surface area contributed by atoms with Gasteiger partial charge in [0.1, 0.15) is 0 Å². The number of carbonyl (C=O) groups is 2. The summed E-state index contributed by atoms with van der Waals surface area (Å²) in [4.78, 5) is 36.6. The molecule has 0 saturated carbocycles. The highest BCUT2D eigenvalue weighted by Crippen LogP contribution is 2.17. The van der Waals surface area contributed by atoms with Crippen LogP contribution in [0, 0.1) is 5.92 Å². The van der Waals surface area contributed by atoms with Crippen molar-refractivity contribution in [3.05, 3.63) is 34.9 Å². The van der Waals surface area contributed by atoms with E-state index in [2.05, 4.69) is 5.10 Å². The summed E-state index contributed by atoms with van der Waals surface area (Å²) >= 11 is 0. The summed E-state index contributed by atoms with van der Waals surface area (Å²) in [7, 11) is 0. The second kappa shape index (κ2) is 5.63. The lowest BCUT2D eigenvalue weighted by Gasteiger charge is -2.15. The molecule has 116 valence electrons. The highest BCUT2D eigenvalue weighted by molar-refractivity contribution is 5.78. The molecule has 1 aliphatic heterocycles. The van der Waals surface area contributed by atoms with Gasteiger partial charge in [0.2, 0.25) is 5.91 Å². The van der Waals surface area contributed by atoms with Gasteiger partial charge in [0.15, 0.2) is 5.65 Å². The zero-order chi connectivity index (χ0) is 15.7. The molecule has 8 heteroatoms. The number of aliphatic carboxylic acids is 1. The lowest BCUT2D eigenvalue weighted by Crippen LogP contribution is -2.32. The van der Waals surface area contributed by atoms with E-state index >= 15 is 0 Å². The van der Waals surface area contributed by atoms with Gasteiger partial charge in [-0.2, -0.15) is 0 Å². The van der Waals surface area contributed by atoms with E-state index in [-0.39, 0.29) is 31.1 Å². The second-order valence-electron chi connectivity index (χ2n) is 5.35. The second-order valence-corrected chi connectivity index (χ2v) is 5.35. The summed E-state index contributed by atoms with van der Waals surface area (Å²) in [5.74, 6) is -1.50. The third kappa shape index (κ3) is 2.59. The molecule has 22 heavy (non-hydrogen) atoms. The molecule has 0 aliphatic carbocycles. The van der Waals surface area contributed by atoms with E-state index < -0.39 is 11.9 Å². The standard InChI is InChI=1S/C14H16N4O4/c19-12(16-7-4-10(9-16)13(20)21)5-8-18-14(22)17-6-2-1-3-11(17)15-18/h1-3,6,10H,4-5,7-9H2,(H,20,21). The highest BCUT2D eigenvalue weighted by Gasteiger charge is 2.30. The number of carbonyl (C=O) groups excluding carboxylic acids is 1. The van der Waals surface area contributed by atoms with Crippen LogP contribution in [-0.4, -0.2) is 49.2 Å². The third-order valence-electron chi connectivity index (χ3n) is 3.92. The number of aromatic nitrogens is 3. The molecule has 1 fully saturated rings. The summed E-state index contributed by atoms with van der Waals surface area (Å²) in [6.45, 7) is 0.887. The average molecular weight is 304 g/mol. The van der Waals surface area contributed by atoms with E-state index in [4.69, 9.17) is 5.11 Å². The molecule has 3 heterocycles. The van der Waals surface area contributed by atoms with Crippen LogP contribution in [0.5, 0.6) is 0 Å². The Morgan fingerprint density at radius 3 is 2.86 bits per heavy atom. The normalized spacial score (nSPS) is 18.0. The third-order valence-corrected chi connectivity index (χ3v) is 3.92. The highest BCUT2D eigenvalue weighted by atomic mass is 16.4. The van der Waals surface area contributed by atoms with Crippen LogP contribution in [-0.2, 0) is 16.1 Å². The zero-order valence-corrected chi connectivity index (χ0v) is 11.9. The summed E-state index contributed by atoms with van der Waals surface area (Å²) in [6, 6.07) is 5.24. The number of pyridine rings is 1. The van der Waals surface area contributed by atoms with Crippen molar-refractivity contribution >= 4 is 17.5 Å². The Hall–Kier alpha value is -2.64. The van der Waals surface area contributed by atoms with Gasteiger partial charge in [0.05, 0.1) is 12.5 Å². The topological polar surface area (TPSA) is 96.9 Å². The molecule has 8 nitrogen and oxygen atoms in total. The molecule has 1 saturated heterocycles. The molecule has 1 amide bonds. The van der Waals surface area contributed by atoms with Gasteiger partial charge < -0.3 is 10.0 Å². The Bertz CT molecular complexity index is 778. The van der Waals surface area contributed by atoms with Crippen LogP contribution in [0.2, 0.25) is 0 Å². The fourth-order valence-electron chi connectivity index (χ4n) is 2.66. The van der Waals surface area contributed by atoms with Crippen LogP contribution in [0.25, 0.3) is 5.65 Å². The maximum atomic E-state index is 12.1. The van der Waals surface area contributed by atoms with Gasteiger partial charge in [-0.05, 0) is 18.6 Å². The summed E-state index contributed by atoms with van der Waals surface area (Å²) in [6.07, 6.45) is 2.24. The van der Waals surface area contributed by atoms with E-state index in [1.165, 1.54) is 9.08 Å². The van der Waals surface area contributed by atoms with Crippen LogP contribution in [0.15, 0.2) is 29.2 Å². The number of carboxylic acids is 1. The Labute approximate surface area is 125 Å². The number of hydrogen-bond donors (Lipinski definition) is 1. The first-order chi connectivity index (χ1) is 10.6. The number of aryl methyl sites for hydroxylation is 1. The van der Waals surface area contributed by atoms with Crippen LogP contribution in [0.1, 0.15) is 12.8 Å². The maximum absolute atomic E-state index is 12.1. The number of amides is 1. The molecule has 1 atom stereocenters. The van der Waals surface area contributed by atoms with Crippen molar-refractivity contribution in [3.63, 3.8) is 0 Å². The predicted octanol–water partition coefficient (Wildman–Crippen LogP) is -0.181. The fraction of sp³-hybridized carbons (Fsp3) is 0.429. The number of nitrogens with zero attached hydrogens (tertiary/aromatic N) is 4. The van der Waals surface area contributed by atoms with E-state index in [1.807, 2.05) is 0 Å². The molecule has 2 aromatic heterocycles. The van der Waals surface area contributed by atoms with Gasteiger partial charge in [-0.1, -0.05) is 6.07 Å². The molecule has 1 N–H and O–H groups in total. The van der Waals surface area contributed by atoms with Gasteiger partial charge in [-0.25, -0.2) is 9.48 Å². The Morgan fingerprint density at radius 1 is 1.36 bits per heavy atom. The zero-order valence-electron chi connectivity index (χ0n) is 11.9. The number of fused-ring (bicyclic) bond motifs is 1. The molecule has 0 spiro atoms. The minimum Gasteiger partial charge on any atom is -0.481 e. The molecule has 0 bridgehead atoms. The van der Waals surface area contributed by atoms with Gasteiger partial charge >= 0.3 is 11.7 Å². The van der Waals surface area contributed by atoms with Crippen molar-refractivity contribution in [3.8, 4) is 0 Å². The molecule has 0 aromatic carbocycles. The first-order valence-corrected chi connectivity index (χ1v) is 7.11. The number of rotatable bonds is 4. The first-order valence-electron chi connectivity index (χ1n) is 7.11. The van der Waals surface area contributed by atoms with Gasteiger partial charge in [0.25, 0.3) is 0 Å². The van der Waals surface area contributed by atoms with Gasteiger partial charge in [0, 0.05) is 25.7 Å². The summed E-state index contributed by atoms with van der Waals surface area (Å²) < 4.78 is 2.68. The van der Waals surface area contributed by atoms with Gasteiger partial charge in [-0.3, -0.25) is 14.0 Å². The first kappa shape index (κ1) is 14.3.